The molecule has 0 unspecified atom stereocenters. The molecule has 0 aliphatic carbocycles. The summed E-state index contributed by atoms with van der Waals surface area (Å²) in [6.07, 6.45) is 0. The van der Waals surface area contributed by atoms with E-state index in [1.54, 1.807) is 24.0 Å². The normalized spacial score (nSPS) is 15.6. The molecule has 1 heterocycles. The van der Waals surface area contributed by atoms with Gasteiger partial charge in [-0.05, 0) is 0 Å². The zero-order valence-corrected chi connectivity index (χ0v) is 11.4. The van der Waals surface area contributed by atoms with Crippen molar-refractivity contribution in [3.63, 3.8) is 0 Å². The predicted molar refractivity (Wildman–Crippen MR) is 66.1 cm³/mol. The zero-order valence-electron chi connectivity index (χ0n) is 11.4. The fraction of sp³-hybridized carbons (Fsp3) is 0.800. The smallest absolute Gasteiger partial charge is 0.345 e. The minimum atomic E-state index is -0.499. The second-order valence-corrected chi connectivity index (χ2v) is 3.70. The summed E-state index contributed by atoms with van der Waals surface area (Å²) in [6, 6.07) is -0.499. The summed E-state index contributed by atoms with van der Waals surface area (Å²) in [6.45, 7) is 1.21. The molecule has 0 aromatic rings. The predicted octanol–water partition coefficient (Wildman–Crippen LogP) is -0.587. The van der Waals surface area contributed by atoms with E-state index in [0.29, 0.717) is 19.4 Å². The Balaban J connectivity index is 2.76. The molecule has 0 bridgehead atoms. The molecule has 0 spiro atoms. The highest BCUT2D eigenvalue weighted by Crippen LogP contribution is 2.07. The number of carbonyl (C=O) groups is 1. The van der Waals surface area contributed by atoms with Crippen molar-refractivity contribution in [1.29, 1.82) is 0 Å². The summed E-state index contributed by atoms with van der Waals surface area (Å²) in [5.74, 6) is 0.434. The van der Waals surface area contributed by atoms with Gasteiger partial charge in [-0.2, -0.15) is 4.99 Å². The SMILES string of the molecule is COCNC(=O)N=C1N(COC)COCN1COC. The summed E-state index contributed by atoms with van der Waals surface area (Å²) in [4.78, 5) is 18.9. The molecule has 0 saturated carbocycles. The standard InChI is InChI=1S/C10H20N4O5/c1-16-4-11-9(15)12-10-13(5-17-2)7-19-8-14(10)6-18-3/h4-8H2,1-3H3,(H,11,15). The highest BCUT2D eigenvalue weighted by molar-refractivity contribution is 5.92. The molecule has 1 N–H and O–H groups in total. The van der Waals surface area contributed by atoms with Gasteiger partial charge in [-0.3, -0.25) is 9.80 Å². The maximum atomic E-state index is 11.6. The number of hydrogen-bond donors (Lipinski definition) is 1. The highest BCUT2D eigenvalue weighted by atomic mass is 16.5. The van der Waals surface area contributed by atoms with Gasteiger partial charge in [-0.15, -0.1) is 0 Å². The van der Waals surface area contributed by atoms with Gasteiger partial charge < -0.3 is 24.3 Å². The molecule has 19 heavy (non-hydrogen) atoms. The minimum absolute atomic E-state index is 0.0979. The largest absolute Gasteiger partial charge is 0.364 e. The first-order valence-corrected chi connectivity index (χ1v) is 5.64. The fourth-order valence-corrected chi connectivity index (χ4v) is 1.48. The zero-order chi connectivity index (χ0) is 14.1. The molecule has 1 fully saturated rings. The van der Waals surface area contributed by atoms with Crippen LogP contribution in [0, 0.1) is 0 Å². The lowest BCUT2D eigenvalue weighted by Crippen LogP contribution is -2.53. The average Bonchev–Trinajstić information content (AvgIpc) is 2.40. The molecule has 0 atom stereocenters. The third kappa shape index (κ3) is 4.99. The molecule has 0 radical (unpaired) electrons. The maximum Gasteiger partial charge on any atom is 0.345 e. The summed E-state index contributed by atoms with van der Waals surface area (Å²) >= 11 is 0. The van der Waals surface area contributed by atoms with Crippen molar-refractivity contribution < 1.29 is 23.7 Å². The number of rotatable bonds is 6. The molecular weight excluding hydrogens is 256 g/mol. The molecule has 1 aliphatic rings. The van der Waals surface area contributed by atoms with Gasteiger partial charge in [-0.25, -0.2) is 4.79 Å². The van der Waals surface area contributed by atoms with Gasteiger partial charge in [0.1, 0.15) is 33.7 Å². The Kier molecular flexibility index (Phi) is 7.11. The lowest BCUT2D eigenvalue weighted by atomic mass is 10.6. The number of guanidine groups is 1. The molecule has 0 aromatic carbocycles. The van der Waals surface area contributed by atoms with Crippen LogP contribution in [-0.2, 0) is 18.9 Å². The van der Waals surface area contributed by atoms with Crippen LogP contribution in [0.25, 0.3) is 0 Å². The topological polar surface area (TPSA) is 84.9 Å². The summed E-state index contributed by atoms with van der Waals surface area (Å²) in [7, 11) is 4.59. The van der Waals surface area contributed by atoms with Crippen molar-refractivity contribution in [2.45, 2.75) is 0 Å². The van der Waals surface area contributed by atoms with E-state index in [1.165, 1.54) is 7.11 Å². The van der Waals surface area contributed by atoms with Crippen LogP contribution in [0.15, 0.2) is 4.99 Å². The second-order valence-electron chi connectivity index (χ2n) is 3.70. The van der Waals surface area contributed by atoms with Crippen LogP contribution >= 0.6 is 0 Å². The molecule has 1 rings (SSSR count). The van der Waals surface area contributed by atoms with Crippen LogP contribution < -0.4 is 5.32 Å². The molecule has 9 heteroatoms. The van der Waals surface area contributed by atoms with E-state index in [9.17, 15) is 4.79 Å². The Bertz CT molecular complexity index is 292. The lowest BCUT2D eigenvalue weighted by molar-refractivity contribution is -0.0819. The van der Waals surface area contributed by atoms with E-state index >= 15 is 0 Å². The molecule has 1 aliphatic heterocycles. The second kappa shape index (κ2) is 8.64. The van der Waals surface area contributed by atoms with Crippen LogP contribution in [-0.4, -0.2) is 76.8 Å². The van der Waals surface area contributed by atoms with Crippen molar-refractivity contribution in [3.05, 3.63) is 0 Å². The Labute approximate surface area is 112 Å². The molecule has 110 valence electrons. The Morgan fingerprint density at radius 1 is 1.21 bits per heavy atom. The Morgan fingerprint density at radius 3 is 2.26 bits per heavy atom. The number of nitrogens with zero attached hydrogens (tertiary/aromatic N) is 3. The van der Waals surface area contributed by atoms with E-state index in [0.717, 1.165) is 0 Å². The van der Waals surface area contributed by atoms with E-state index < -0.39 is 6.03 Å². The number of amides is 2. The van der Waals surface area contributed by atoms with Gasteiger partial charge in [0.05, 0.1) is 0 Å². The first-order valence-electron chi connectivity index (χ1n) is 5.64. The number of carbonyl (C=O) groups excluding carboxylic acids is 1. The van der Waals surface area contributed by atoms with Gasteiger partial charge in [0.25, 0.3) is 0 Å². The van der Waals surface area contributed by atoms with Crippen molar-refractivity contribution in [2.24, 2.45) is 4.99 Å². The highest BCUT2D eigenvalue weighted by Gasteiger charge is 2.25. The van der Waals surface area contributed by atoms with Gasteiger partial charge in [0, 0.05) is 21.3 Å². The molecule has 9 nitrogen and oxygen atoms in total. The van der Waals surface area contributed by atoms with Crippen LogP contribution in [0.3, 0.4) is 0 Å². The van der Waals surface area contributed by atoms with Crippen LogP contribution in [0.5, 0.6) is 0 Å². The number of aliphatic imine (C=N–C) groups is 1. The molecule has 2 amide bonds. The molecule has 0 aromatic heterocycles. The molecule has 1 saturated heterocycles. The van der Waals surface area contributed by atoms with Gasteiger partial charge in [0.15, 0.2) is 0 Å². The van der Waals surface area contributed by atoms with E-state index in [2.05, 4.69) is 10.3 Å². The summed E-state index contributed by atoms with van der Waals surface area (Å²) < 4.78 is 20.2. The Morgan fingerprint density at radius 2 is 1.79 bits per heavy atom. The van der Waals surface area contributed by atoms with Crippen molar-refractivity contribution in [3.8, 4) is 0 Å². The third-order valence-corrected chi connectivity index (χ3v) is 2.20. The van der Waals surface area contributed by atoms with Gasteiger partial charge in [0.2, 0.25) is 5.96 Å². The van der Waals surface area contributed by atoms with Crippen LogP contribution in [0.2, 0.25) is 0 Å². The van der Waals surface area contributed by atoms with Gasteiger partial charge >= 0.3 is 6.03 Å². The monoisotopic (exact) mass is 276 g/mol. The van der Waals surface area contributed by atoms with Crippen molar-refractivity contribution >= 4 is 12.0 Å². The average molecular weight is 276 g/mol. The molecular formula is C10H20N4O5. The maximum absolute atomic E-state index is 11.6. The van der Waals surface area contributed by atoms with Crippen molar-refractivity contribution in [2.75, 3.05) is 55.0 Å². The number of hydrogen-bond acceptors (Lipinski definition) is 5. The first-order chi connectivity index (χ1) is 9.22. The Hall–Kier alpha value is -1.42. The number of nitrogens with one attached hydrogen (secondary N) is 1. The number of methoxy groups -OCH3 is 3. The number of ether oxygens (including phenoxy) is 4. The van der Waals surface area contributed by atoms with E-state index in [1.807, 2.05) is 0 Å². The first kappa shape index (κ1) is 15.6. The number of urea groups is 1. The van der Waals surface area contributed by atoms with E-state index in [4.69, 9.17) is 18.9 Å². The van der Waals surface area contributed by atoms with E-state index in [-0.39, 0.29) is 20.2 Å². The minimum Gasteiger partial charge on any atom is -0.364 e. The fourth-order valence-electron chi connectivity index (χ4n) is 1.48. The summed E-state index contributed by atoms with van der Waals surface area (Å²) in [5.41, 5.74) is 0. The summed E-state index contributed by atoms with van der Waals surface area (Å²) in [5, 5.41) is 2.48. The van der Waals surface area contributed by atoms with Crippen LogP contribution in [0.4, 0.5) is 4.79 Å². The van der Waals surface area contributed by atoms with Crippen LogP contribution in [0.1, 0.15) is 0 Å². The quantitative estimate of drug-likeness (QED) is 0.649. The van der Waals surface area contributed by atoms with Crippen molar-refractivity contribution in [1.82, 2.24) is 15.1 Å². The van der Waals surface area contributed by atoms with Gasteiger partial charge in [-0.1, -0.05) is 0 Å². The lowest BCUT2D eigenvalue weighted by Gasteiger charge is -2.37. The third-order valence-electron chi connectivity index (χ3n) is 2.20.